The van der Waals surface area contributed by atoms with Crippen LogP contribution < -0.4 is 0 Å². The van der Waals surface area contributed by atoms with Gasteiger partial charge in [-0.2, -0.15) is 0 Å². The third-order valence-corrected chi connectivity index (χ3v) is 18.7. The van der Waals surface area contributed by atoms with Crippen LogP contribution in [0.4, 0.5) is 0 Å². The molecule has 0 saturated heterocycles. The second-order valence-corrected chi connectivity index (χ2v) is 29.1. The number of aliphatic carboxylic acids is 1. The summed E-state index contributed by atoms with van der Waals surface area (Å²) in [6.45, 7) is 4.96. The normalized spacial score (nSPS) is 12.7. The van der Waals surface area contributed by atoms with Crippen LogP contribution in [0.2, 0.25) is 0 Å². The highest BCUT2D eigenvalue weighted by atomic mass is 16.7. The summed E-state index contributed by atoms with van der Waals surface area (Å²) < 4.78 is 23.1. The van der Waals surface area contributed by atoms with Gasteiger partial charge in [0, 0.05) is 12.8 Å². The Morgan fingerprint density at radius 3 is 0.868 bits per heavy atom. The fourth-order valence-corrected chi connectivity index (χ4v) is 12.5. The van der Waals surface area contributed by atoms with E-state index >= 15 is 0 Å². The molecule has 0 aromatic rings. The van der Waals surface area contributed by atoms with E-state index < -0.39 is 18.4 Å². The van der Waals surface area contributed by atoms with Crippen LogP contribution in [0.1, 0.15) is 425 Å². The molecule has 1 N–H and O–H groups in total. The number of carbonyl (C=O) groups excluding carboxylic acids is 2. The Morgan fingerprint density at radius 1 is 0.330 bits per heavy atom. The van der Waals surface area contributed by atoms with E-state index in [1.165, 1.54) is 353 Å². The van der Waals surface area contributed by atoms with E-state index in [9.17, 15) is 19.5 Å². The SMILES string of the molecule is CCCCCCC/C=C\C/C=C\CCCCCCCCCCCCCCCCCCCCCCCC(=O)OC(COC(=O)CCCCCCCCCCCCCCCCCCCCCCCCCCCCCCCCCCC)COC(OCC[N+](C)(C)C)C(=O)O. The topological polar surface area (TPSA) is 108 Å². The van der Waals surface area contributed by atoms with Gasteiger partial charge in [0.15, 0.2) is 6.10 Å². The Bertz CT molecular complexity index is 1540. The maximum absolute atomic E-state index is 13.0. The minimum absolute atomic E-state index is 0.174. The summed E-state index contributed by atoms with van der Waals surface area (Å²) in [5.74, 6) is -1.97. The maximum Gasteiger partial charge on any atom is 0.361 e. The lowest BCUT2D eigenvalue weighted by Gasteiger charge is -2.25. The van der Waals surface area contributed by atoms with Gasteiger partial charge in [-0.25, -0.2) is 4.79 Å². The fourth-order valence-electron chi connectivity index (χ4n) is 12.5. The first kappa shape index (κ1) is 88.8. The Morgan fingerprint density at radius 2 is 0.593 bits per heavy atom. The van der Waals surface area contributed by atoms with Crippen LogP contribution in [0.5, 0.6) is 0 Å². The zero-order valence-corrected chi connectivity index (χ0v) is 61.8. The van der Waals surface area contributed by atoms with Crippen molar-refractivity contribution in [2.75, 3.05) is 47.5 Å². The molecule has 0 rings (SSSR count). The number of unbranched alkanes of at least 4 members (excludes halogenated alkanes) is 58. The summed E-state index contributed by atoms with van der Waals surface area (Å²) in [6, 6.07) is 0. The zero-order valence-electron chi connectivity index (χ0n) is 61.8. The average molecular weight is 1290 g/mol. The monoisotopic (exact) mass is 1290 g/mol. The summed E-state index contributed by atoms with van der Waals surface area (Å²) in [6.07, 6.45) is 90.6. The zero-order chi connectivity index (χ0) is 66.1. The minimum atomic E-state index is -1.51. The molecular formula is C82H158NO8+. The van der Waals surface area contributed by atoms with Crippen molar-refractivity contribution in [3.63, 3.8) is 0 Å². The van der Waals surface area contributed by atoms with E-state index in [4.69, 9.17) is 18.9 Å². The van der Waals surface area contributed by atoms with Gasteiger partial charge in [-0.1, -0.05) is 391 Å². The second-order valence-electron chi connectivity index (χ2n) is 29.1. The van der Waals surface area contributed by atoms with Crippen LogP contribution in [0.3, 0.4) is 0 Å². The van der Waals surface area contributed by atoms with Gasteiger partial charge < -0.3 is 28.5 Å². The number of quaternary nitrogens is 1. The molecule has 0 radical (unpaired) electrons. The molecule has 538 valence electrons. The molecule has 9 nitrogen and oxygen atoms in total. The molecule has 0 aromatic carbocycles. The highest BCUT2D eigenvalue weighted by Crippen LogP contribution is 2.20. The average Bonchev–Trinajstić information content (AvgIpc) is 3.46. The molecule has 0 aliphatic heterocycles. The van der Waals surface area contributed by atoms with E-state index in [0.29, 0.717) is 17.4 Å². The third kappa shape index (κ3) is 75.0. The maximum atomic E-state index is 13.0. The van der Waals surface area contributed by atoms with Gasteiger partial charge in [-0.05, 0) is 44.9 Å². The number of likely N-dealkylation sites (N-methyl/N-ethyl adjacent to an activating group) is 1. The van der Waals surface area contributed by atoms with E-state index in [2.05, 4.69) is 38.2 Å². The van der Waals surface area contributed by atoms with E-state index in [-0.39, 0.29) is 38.2 Å². The number of ether oxygens (including phenoxy) is 4. The molecule has 0 aliphatic carbocycles. The molecule has 0 saturated carbocycles. The van der Waals surface area contributed by atoms with Crippen molar-refractivity contribution in [2.24, 2.45) is 0 Å². The largest absolute Gasteiger partial charge is 0.477 e. The van der Waals surface area contributed by atoms with Gasteiger partial charge in [0.05, 0.1) is 34.4 Å². The van der Waals surface area contributed by atoms with Gasteiger partial charge in [-0.15, -0.1) is 0 Å². The highest BCUT2D eigenvalue weighted by Gasteiger charge is 2.25. The van der Waals surface area contributed by atoms with Gasteiger partial charge in [0.2, 0.25) is 0 Å². The molecule has 91 heavy (non-hydrogen) atoms. The van der Waals surface area contributed by atoms with Crippen molar-refractivity contribution in [1.82, 2.24) is 0 Å². The molecule has 2 atom stereocenters. The molecule has 2 unspecified atom stereocenters. The minimum Gasteiger partial charge on any atom is -0.477 e. The Balaban J connectivity index is 3.96. The number of carboxylic acid groups (broad SMARTS) is 1. The molecule has 9 heteroatoms. The Hall–Kier alpha value is -2.23. The lowest BCUT2D eigenvalue weighted by Crippen LogP contribution is -2.40. The van der Waals surface area contributed by atoms with Crippen molar-refractivity contribution >= 4 is 17.9 Å². The molecule has 0 bridgehead atoms. The fraction of sp³-hybridized carbons (Fsp3) is 0.915. The first-order chi connectivity index (χ1) is 44.6. The molecule has 0 spiro atoms. The van der Waals surface area contributed by atoms with E-state index in [1.807, 2.05) is 21.1 Å². The number of hydrogen-bond donors (Lipinski definition) is 1. The van der Waals surface area contributed by atoms with E-state index in [0.717, 1.165) is 44.9 Å². The van der Waals surface area contributed by atoms with Crippen LogP contribution in [-0.4, -0.2) is 87.4 Å². The smallest absolute Gasteiger partial charge is 0.361 e. The van der Waals surface area contributed by atoms with Crippen LogP contribution in [0.25, 0.3) is 0 Å². The van der Waals surface area contributed by atoms with Gasteiger partial charge in [-0.3, -0.25) is 9.59 Å². The summed E-state index contributed by atoms with van der Waals surface area (Å²) >= 11 is 0. The predicted molar refractivity (Wildman–Crippen MR) is 392 cm³/mol. The van der Waals surface area contributed by atoms with Gasteiger partial charge in [0.1, 0.15) is 13.2 Å². The van der Waals surface area contributed by atoms with Crippen molar-refractivity contribution < 1.29 is 42.9 Å². The van der Waals surface area contributed by atoms with Crippen LogP contribution in [0.15, 0.2) is 24.3 Å². The first-order valence-corrected chi connectivity index (χ1v) is 40.5. The molecule has 0 aliphatic rings. The number of carbonyl (C=O) groups is 3. The van der Waals surface area contributed by atoms with Crippen molar-refractivity contribution in [1.29, 1.82) is 0 Å². The molecule has 0 fully saturated rings. The van der Waals surface area contributed by atoms with E-state index in [1.54, 1.807) is 0 Å². The number of allylic oxidation sites excluding steroid dienone is 4. The lowest BCUT2D eigenvalue weighted by atomic mass is 10.0. The lowest BCUT2D eigenvalue weighted by molar-refractivity contribution is -0.870. The summed E-state index contributed by atoms with van der Waals surface area (Å²) in [5.41, 5.74) is 0. The second kappa shape index (κ2) is 73.6. The van der Waals surface area contributed by atoms with Crippen LogP contribution in [-0.2, 0) is 33.3 Å². The molecule has 0 amide bonds. The molecule has 0 aromatic heterocycles. The highest BCUT2D eigenvalue weighted by molar-refractivity contribution is 5.71. The van der Waals surface area contributed by atoms with Crippen molar-refractivity contribution in [2.45, 2.75) is 437 Å². The Kier molecular flexibility index (Phi) is 71.8. The van der Waals surface area contributed by atoms with Crippen molar-refractivity contribution in [3.8, 4) is 0 Å². The number of rotatable bonds is 77. The summed E-state index contributed by atoms with van der Waals surface area (Å²) in [5, 5.41) is 9.77. The Labute approximate surface area is 567 Å². The number of hydrogen-bond acceptors (Lipinski definition) is 7. The van der Waals surface area contributed by atoms with Crippen molar-refractivity contribution in [3.05, 3.63) is 24.3 Å². The van der Waals surface area contributed by atoms with Crippen LogP contribution >= 0.6 is 0 Å². The summed E-state index contributed by atoms with van der Waals surface area (Å²) in [4.78, 5) is 37.7. The van der Waals surface area contributed by atoms with Gasteiger partial charge in [0.25, 0.3) is 6.29 Å². The van der Waals surface area contributed by atoms with Crippen LogP contribution in [0, 0.1) is 0 Å². The molecular weight excluding hydrogens is 1130 g/mol. The summed E-state index contributed by atoms with van der Waals surface area (Å²) in [7, 11) is 6.00. The quantitative estimate of drug-likeness (QED) is 0.0211. The number of esters is 2. The first-order valence-electron chi connectivity index (χ1n) is 40.5. The standard InChI is InChI=1S/C82H157NO8/c1-6-8-10-12-14-16-18-20-22-24-26-28-30-32-34-36-38-40-42-44-46-48-50-52-54-56-58-60-62-64-66-68-70-72-79(84)89-76-78(77-90-82(81(86)87)88-75-74-83(3,4)5)91-80(85)73-71-69-67-65-63-61-59-57-55-53-51-49-47-45-43-41-39-37-35-33-31-29-27-25-23-21-19-17-15-13-11-9-7-2/h19,21,25,27,78,82H,6-18,20,22-24,26,28-77H2,1-5H3/p+1/b21-19-,27-25-. The van der Waals surface area contributed by atoms with Gasteiger partial charge >= 0.3 is 17.9 Å². The number of nitrogens with zero attached hydrogens (tertiary/aromatic N) is 1. The predicted octanol–water partition coefficient (Wildman–Crippen LogP) is 25.7. The molecule has 0 heterocycles. The number of carboxylic acids is 1. The third-order valence-electron chi connectivity index (χ3n) is 18.7.